The first-order valence-corrected chi connectivity index (χ1v) is 7.52. The SMILES string of the molecule is Cn1ncc(N)c1OCCC1CN(C(=O)O)Cc2ccccc21. The molecule has 1 aliphatic rings. The van der Waals surface area contributed by atoms with Crippen molar-refractivity contribution in [2.24, 2.45) is 7.05 Å². The van der Waals surface area contributed by atoms with Gasteiger partial charge in [0.1, 0.15) is 5.69 Å². The monoisotopic (exact) mass is 316 g/mol. The Morgan fingerprint density at radius 3 is 2.96 bits per heavy atom. The Labute approximate surface area is 134 Å². The van der Waals surface area contributed by atoms with E-state index in [0.717, 1.165) is 5.56 Å². The van der Waals surface area contributed by atoms with E-state index in [1.807, 2.05) is 18.2 Å². The first-order chi connectivity index (χ1) is 11.1. The summed E-state index contributed by atoms with van der Waals surface area (Å²) in [4.78, 5) is 12.8. The van der Waals surface area contributed by atoms with Crippen LogP contribution in [0.25, 0.3) is 0 Å². The molecule has 1 atom stereocenters. The molecule has 2 aromatic rings. The van der Waals surface area contributed by atoms with Crippen LogP contribution in [0.15, 0.2) is 30.5 Å². The zero-order valence-corrected chi connectivity index (χ0v) is 13.0. The lowest BCUT2D eigenvalue weighted by atomic mass is 9.88. The predicted molar refractivity (Wildman–Crippen MR) is 85.4 cm³/mol. The van der Waals surface area contributed by atoms with Crippen LogP contribution >= 0.6 is 0 Å². The number of anilines is 1. The van der Waals surface area contributed by atoms with E-state index in [-0.39, 0.29) is 5.92 Å². The number of nitrogens with zero attached hydrogens (tertiary/aromatic N) is 3. The molecule has 23 heavy (non-hydrogen) atoms. The third-order valence-corrected chi connectivity index (χ3v) is 4.18. The fourth-order valence-corrected chi connectivity index (χ4v) is 3.02. The molecule has 0 saturated carbocycles. The minimum Gasteiger partial charge on any atom is -0.476 e. The molecule has 0 radical (unpaired) electrons. The number of aromatic nitrogens is 2. The van der Waals surface area contributed by atoms with Gasteiger partial charge in [0.2, 0.25) is 5.88 Å². The number of hydrogen-bond donors (Lipinski definition) is 2. The summed E-state index contributed by atoms with van der Waals surface area (Å²) < 4.78 is 7.32. The van der Waals surface area contributed by atoms with Gasteiger partial charge in [0.15, 0.2) is 0 Å². The highest BCUT2D eigenvalue weighted by Gasteiger charge is 2.27. The van der Waals surface area contributed by atoms with Crippen LogP contribution in [0.3, 0.4) is 0 Å². The van der Waals surface area contributed by atoms with Gasteiger partial charge in [-0.3, -0.25) is 0 Å². The number of nitrogens with two attached hydrogens (primary N) is 1. The highest BCUT2D eigenvalue weighted by atomic mass is 16.5. The number of aryl methyl sites for hydroxylation is 1. The fourth-order valence-electron chi connectivity index (χ4n) is 3.02. The quantitative estimate of drug-likeness (QED) is 0.900. The summed E-state index contributed by atoms with van der Waals surface area (Å²) in [5, 5.41) is 13.3. The molecular formula is C16H20N4O3. The van der Waals surface area contributed by atoms with Crippen molar-refractivity contribution in [1.82, 2.24) is 14.7 Å². The average molecular weight is 316 g/mol. The van der Waals surface area contributed by atoms with Crippen molar-refractivity contribution in [3.63, 3.8) is 0 Å². The molecule has 1 unspecified atom stereocenters. The number of rotatable bonds is 4. The van der Waals surface area contributed by atoms with Crippen molar-refractivity contribution >= 4 is 11.8 Å². The smallest absolute Gasteiger partial charge is 0.407 e. The maximum atomic E-state index is 11.3. The summed E-state index contributed by atoms with van der Waals surface area (Å²) in [6.45, 7) is 1.38. The number of nitrogen functional groups attached to an aromatic ring is 1. The zero-order valence-electron chi connectivity index (χ0n) is 13.0. The van der Waals surface area contributed by atoms with E-state index in [1.54, 1.807) is 17.9 Å². The Morgan fingerprint density at radius 1 is 1.48 bits per heavy atom. The van der Waals surface area contributed by atoms with Gasteiger partial charge in [-0.2, -0.15) is 5.10 Å². The van der Waals surface area contributed by atoms with Crippen molar-refractivity contribution in [2.45, 2.75) is 18.9 Å². The number of carbonyl (C=O) groups is 1. The van der Waals surface area contributed by atoms with Crippen molar-refractivity contribution in [2.75, 3.05) is 18.9 Å². The highest BCUT2D eigenvalue weighted by Crippen LogP contribution is 2.31. The van der Waals surface area contributed by atoms with Crippen molar-refractivity contribution in [3.8, 4) is 5.88 Å². The average Bonchev–Trinajstić information content (AvgIpc) is 2.86. The number of benzene rings is 1. The van der Waals surface area contributed by atoms with Crippen molar-refractivity contribution in [3.05, 3.63) is 41.6 Å². The number of carboxylic acid groups (broad SMARTS) is 1. The third kappa shape index (κ3) is 3.08. The molecule has 0 aliphatic carbocycles. The van der Waals surface area contributed by atoms with Gasteiger partial charge in [0.25, 0.3) is 0 Å². The van der Waals surface area contributed by atoms with Gasteiger partial charge in [0.05, 0.1) is 12.8 Å². The Morgan fingerprint density at radius 2 is 2.26 bits per heavy atom. The van der Waals surface area contributed by atoms with Crippen LogP contribution in [0.2, 0.25) is 0 Å². The van der Waals surface area contributed by atoms with Crippen LogP contribution in [-0.4, -0.2) is 39.0 Å². The lowest BCUT2D eigenvalue weighted by molar-refractivity contribution is 0.131. The summed E-state index contributed by atoms with van der Waals surface area (Å²) in [6, 6.07) is 7.98. The minimum atomic E-state index is -0.888. The van der Waals surface area contributed by atoms with E-state index < -0.39 is 6.09 Å². The predicted octanol–water partition coefficient (Wildman–Crippen LogP) is 2.05. The second kappa shape index (κ2) is 6.20. The highest BCUT2D eigenvalue weighted by molar-refractivity contribution is 5.65. The fraction of sp³-hybridized carbons (Fsp3) is 0.375. The molecule has 2 heterocycles. The summed E-state index contributed by atoms with van der Waals surface area (Å²) in [7, 11) is 1.77. The van der Waals surface area contributed by atoms with E-state index in [9.17, 15) is 9.90 Å². The molecule has 0 fully saturated rings. The van der Waals surface area contributed by atoms with Crippen LogP contribution in [0.1, 0.15) is 23.5 Å². The molecule has 0 saturated heterocycles. The van der Waals surface area contributed by atoms with Gasteiger partial charge in [0, 0.05) is 26.1 Å². The normalized spacial score (nSPS) is 16.9. The Balaban J connectivity index is 1.70. The number of amides is 1. The molecule has 1 aromatic heterocycles. The molecule has 1 aromatic carbocycles. The van der Waals surface area contributed by atoms with E-state index in [1.165, 1.54) is 10.5 Å². The van der Waals surface area contributed by atoms with Gasteiger partial charge < -0.3 is 20.5 Å². The summed E-state index contributed by atoms with van der Waals surface area (Å²) in [5.74, 6) is 0.662. The van der Waals surface area contributed by atoms with Gasteiger partial charge in [-0.1, -0.05) is 24.3 Å². The number of fused-ring (bicyclic) bond motifs is 1. The number of ether oxygens (including phenoxy) is 1. The molecule has 1 amide bonds. The van der Waals surface area contributed by atoms with E-state index in [2.05, 4.69) is 11.2 Å². The minimum absolute atomic E-state index is 0.116. The van der Waals surface area contributed by atoms with Gasteiger partial charge in [-0.25, -0.2) is 9.48 Å². The first-order valence-electron chi connectivity index (χ1n) is 7.52. The second-order valence-electron chi connectivity index (χ2n) is 5.72. The summed E-state index contributed by atoms with van der Waals surface area (Å²) in [6.07, 6.45) is 1.38. The van der Waals surface area contributed by atoms with Crippen LogP contribution in [0, 0.1) is 0 Å². The summed E-state index contributed by atoms with van der Waals surface area (Å²) >= 11 is 0. The summed E-state index contributed by atoms with van der Waals surface area (Å²) in [5.41, 5.74) is 8.57. The molecule has 7 heteroatoms. The molecule has 0 spiro atoms. The largest absolute Gasteiger partial charge is 0.476 e. The van der Waals surface area contributed by atoms with Gasteiger partial charge >= 0.3 is 6.09 Å². The second-order valence-corrected chi connectivity index (χ2v) is 5.72. The molecule has 7 nitrogen and oxygen atoms in total. The maximum Gasteiger partial charge on any atom is 0.407 e. The van der Waals surface area contributed by atoms with E-state index >= 15 is 0 Å². The standard InChI is InChI=1S/C16H20N4O3/c1-19-15(14(17)8-18-19)23-7-6-12-10-20(16(21)22)9-11-4-2-3-5-13(11)12/h2-5,8,12H,6-7,9-10,17H2,1H3,(H,21,22). The molecular weight excluding hydrogens is 296 g/mol. The number of hydrogen-bond acceptors (Lipinski definition) is 4. The molecule has 122 valence electrons. The van der Waals surface area contributed by atoms with Gasteiger partial charge in [-0.15, -0.1) is 0 Å². The van der Waals surface area contributed by atoms with Crippen LogP contribution in [0.4, 0.5) is 10.5 Å². The Kier molecular flexibility index (Phi) is 4.10. The molecule has 1 aliphatic heterocycles. The van der Waals surface area contributed by atoms with Gasteiger partial charge in [-0.05, 0) is 17.5 Å². The first kappa shape index (κ1) is 15.2. The van der Waals surface area contributed by atoms with Crippen LogP contribution < -0.4 is 10.5 Å². The van der Waals surface area contributed by atoms with Crippen molar-refractivity contribution < 1.29 is 14.6 Å². The zero-order chi connectivity index (χ0) is 16.4. The van der Waals surface area contributed by atoms with E-state index in [4.69, 9.17) is 10.5 Å². The lowest BCUT2D eigenvalue weighted by Crippen LogP contribution is -2.37. The molecule has 0 bridgehead atoms. The van der Waals surface area contributed by atoms with Crippen LogP contribution in [-0.2, 0) is 13.6 Å². The molecule has 3 rings (SSSR count). The Hall–Kier alpha value is -2.70. The molecule has 3 N–H and O–H groups in total. The lowest BCUT2D eigenvalue weighted by Gasteiger charge is -2.33. The van der Waals surface area contributed by atoms with E-state index in [0.29, 0.717) is 37.7 Å². The topological polar surface area (TPSA) is 93.6 Å². The van der Waals surface area contributed by atoms with Crippen LogP contribution in [0.5, 0.6) is 5.88 Å². The Bertz CT molecular complexity index is 694. The maximum absolute atomic E-state index is 11.3. The van der Waals surface area contributed by atoms with Crippen molar-refractivity contribution in [1.29, 1.82) is 0 Å². The third-order valence-electron chi connectivity index (χ3n) is 4.18.